The van der Waals surface area contributed by atoms with Crippen LogP contribution in [0.15, 0.2) is 30.4 Å². The molecule has 0 amide bonds. The lowest BCUT2D eigenvalue weighted by Crippen LogP contribution is -2.50. The SMILES string of the molecule is C[C@]12CCC(O)CC1=CC[C@@H]1[C@@H]2CC[C@]2(C)C(n3cnc4c(Cl)ncnc43)=CC[C@@H]12. The molecule has 2 saturated carbocycles. The zero-order valence-electron chi connectivity index (χ0n) is 17.7. The third-order valence-electron chi connectivity index (χ3n) is 9.17. The molecule has 0 aromatic carbocycles. The number of allylic oxidation sites excluding steroid dienone is 3. The van der Waals surface area contributed by atoms with Gasteiger partial charge in [-0.3, -0.25) is 4.57 Å². The topological polar surface area (TPSA) is 63.8 Å². The Hall–Kier alpha value is -1.72. The van der Waals surface area contributed by atoms with E-state index in [9.17, 15) is 5.11 Å². The van der Waals surface area contributed by atoms with E-state index in [0.29, 0.717) is 22.5 Å². The van der Waals surface area contributed by atoms with Crippen molar-refractivity contribution in [2.75, 3.05) is 0 Å². The Morgan fingerprint density at radius 3 is 2.73 bits per heavy atom. The molecule has 4 aliphatic rings. The van der Waals surface area contributed by atoms with Crippen LogP contribution >= 0.6 is 11.6 Å². The molecule has 4 aliphatic carbocycles. The number of aliphatic hydroxyl groups excluding tert-OH is 1. The summed E-state index contributed by atoms with van der Waals surface area (Å²) in [5.74, 6) is 2.07. The first-order valence-electron chi connectivity index (χ1n) is 11.3. The lowest BCUT2D eigenvalue weighted by atomic mass is 9.48. The van der Waals surface area contributed by atoms with Gasteiger partial charge in [0.05, 0.1) is 6.10 Å². The molecule has 6 atom stereocenters. The van der Waals surface area contributed by atoms with Crippen LogP contribution in [-0.4, -0.2) is 30.7 Å². The molecule has 0 aliphatic heterocycles. The van der Waals surface area contributed by atoms with Crippen LogP contribution < -0.4 is 0 Å². The zero-order valence-corrected chi connectivity index (χ0v) is 18.4. The average molecular weight is 425 g/mol. The fourth-order valence-corrected chi connectivity index (χ4v) is 7.72. The molecule has 158 valence electrons. The quantitative estimate of drug-likeness (QED) is 0.501. The van der Waals surface area contributed by atoms with Gasteiger partial charge in [0.25, 0.3) is 0 Å². The smallest absolute Gasteiger partial charge is 0.169 e. The van der Waals surface area contributed by atoms with Gasteiger partial charge in [-0.1, -0.05) is 43.2 Å². The van der Waals surface area contributed by atoms with Gasteiger partial charge in [-0.05, 0) is 68.1 Å². The molecule has 1 unspecified atom stereocenters. The minimum Gasteiger partial charge on any atom is -0.393 e. The van der Waals surface area contributed by atoms with E-state index < -0.39 is 0 Å². The average Bonchev–Trinajstić information content (AvgIpc) is 3.30. The van der Waals surface area contributed by atoms with E-state index in [1.165, 1.54) is 30.4 Å². The summed E-state index contributed by atoms with van der Waals surface area (Å²) in [7, 11) is 0. The monoisotopic (exact) mass is 424 g/mol. The van der Waals surface area contributed by atoms with Crippen LogP contribution in [-0.2, 0) is 0 Å². The first-order chi connectivity index (χ1) is 14.4. The van der Waals surface area contributed by atoms with E-state index in [4.69, 9.17) is 11.6 Å². The summed E-state index contributed by atoms with van der Waals surface area (Å²) in [6.45, 7) is 4.93. The molecule has 2 aromatic rings. The molecule has 2 fully saturated rings. The van der Waals surface area contributed by atoms with Gasteiger partial charge in [-0.15, -0.1) is 0 Å². The molecule has 1 N–H and O–H groups in total. The summed E-state index contributed by atoms with van der Waals surface area (Å²) in [6.07, 6.45) is 15.9. The highest BCUT2D eigenvalue weighted by Crippen LogP contribution is 2.65. The highest BCUT2D eigenvalue weighted by molar-refractivity contribution is 6.33. The van der Waals surface area contributed by atoms with E-state index >= 15 is 0 Å². The van der Waals surface area contributed by atoms with Crippen LogP contribution in [0.2, 0.25) is 5.15 Å². The second-order valence-electron chi connectivity index (χ2n) is 10.4. The number of hydrogen-bond donors (Lipinski definition) is 1. The van der Waals surface area contributed by atoms with Crippen molar-refractivity contribution in [3.05, 3.63) is 35.5 Å². The molecule has 0 spiro atoms. The standard InChI is InChI=1S/C24H29ClN4O/c1-23-9-7-15(30)11-14(23)3-4-16-17-5-6-19(24(17,2)10-8-18(16)23)29-13-28-20-21(25)26-12-27-22(20)29/h3,6,12-13,15-18,30H,4-5,7-11H2,1-2H3/t15?,16-,17-,18-,23-,24-/m0/s1. The highest BCUT2D eigenvalue weighted by atomic mass is 35.5. The normalized spacial score (nSPS) is 40.4. The number of aliphatic hydroxyl groups is 1. The van der Waals surface area contributed by atoms with Crippen LogP contribution in [0.1, 0.15) is 58.8 Å². The molecule has 6 rings (SSSR count). The molecule has 6 heteroatoms. The van der Waals surface area contributed by atoms with E-state index in [1.807, 2.05) is 6.33 Å². The lowest BCUT2D eigenvalue weighted by Gasteiger charge is -2.57. The third kappa shape index (κ3) is 2.42. The molecule has 0 saturated heterocycles. The Morgan fingerprint density at radius 1 is 1.03 bits per heavy atom. The summed E-state index contributed by atoms with van der Waals surface area (Å²) in [5.41, 5.74) is 4.76. The van der Waals surface area contributed by atoms with Gasteiger partial charge in [0.2, 0.25) is 0 Å². The van der Waals surface area contributed by atoms with Crippen LogP contribution in [0, 0.1) is 28.6 Å². The minimum absolute atomic E-state index is 0.127. The van der Waals surface area contributed by atoms with Crippen molar-refractivity contribution in [2.45, 2.75) is 64.9 Å². The van der Waals surface area contributed by atoms with Crippen LogP contribution in [0.3, 0.4) is 0 Å². The van der Waals surface area contributed by atoms with Crippen LogP contribution in [0.4, 0.5) is 0 Å². The Kier molecular flexibility index (Phi) is 4.05. The fourth-order valence-electron chi connectivity index (χ4n) is 7.54. The summed E-state index contributed by atoms with van der Waals surface area (Å²) < 4.78 is 2.16. The summed E-state index contributed by atoms with van der Waals surface area (Å²) in [4.78, 5) is 13.1. The fraction of sp³-hybridized carbons (Fsp3) is 0.625. The van der Waals surface area contributed by atoms with Gasteiger partial charge in [0.15, 0.2) is 10.8 Å². The van der Waals surface area contributed by atoms with Gasteiger partial charge < -0.3 is 5.11 Å². The molecular weight excluding hydrogens is 396 g/mol. The lowest BCUT2D eigenvalue weighted by molar-refractivity contribution is -0.0249. The van der Waals surface area contributed by atoms with Crippen molar-refractivity contribution in [1.29, 1.82) is 0 Å². The maximum Gasteiger partial charge on any atom is 0.169 e. The first-order valence-corrected chi connectivity index (χ1v) is 11.7. The second-order valence-corrected chi connectivity index (χ2v) is 10.7. The van der Waals surface area contributed by atoms with Crippen molar-refractivity contribution in [3.8, 4) is 0 Å². The second kappa shape index (κ2) is 6.39. The number of rotatable bonds is 1. The van der Waals surface area contributed by atoms with Crippen LogP contribution in [0.5, 0.6) is 0 Å². The maximum atomic E-state index is 10.2. The molecule has 0 bridgehead atoms. The summed E-state index contributed by atoms with van der Waals surface area (Å²) in [5, 5.41) is 10.6. The highest BCUT2D eigenvalue weighted by Gasteiger charge is 2.57. The largest absolute Gasteiger partial charge is 0.393 e. The van der Waals surface area contributed by atoms with Crippen molar-refractivity contribution in [3.63, 3.8) is 0 Å². The van der Waals surface area contributed by atoms with Gasteiger partial charge in [-0.25, -0.2) is 15.0 Å². The third-order valence-corrected chi connectivity index (χ3v) is 9.44. The number of fused-ring (bicyclic) bond motifs is 6. The Balaban J connectivity index is 1.37. The van der Waals surface area contributed by atoms with E-state index in [1.54, 1.807) is 0 Å². The predicted octanol–water partition coefficient (Wildman–Crippen LogP) is 5.25. The Labute approximate surface area is 182 Å². The van der Waals surface area contributed by atoms with Crippen molar-refractivity contribution in [2.24, 2.45) is 28.6 Å². The van der Waals surface area contributed by atoms with Crippen molar-refractivity contribution in [1.82, 2.24) is 19.5 Å². The van der Waals surface area contributed by atoms with E-state index in [2.05, 4.69) is 45.5 Å². The number of imidazole rings is 1. The number of aromatic nitrogens is 4. The van der Waals surface area contributed by atoms with Gasteiger partial charge >= 0.3 is 0 Å². The zero-order chi connectivity index (χ0) is 20.7. The molecule has 2 heterocycles. The Morgan fingerprint density at radius 2 is 1.87 bits per heavy atom. The number of hydrogen-bond acceptors (Lipinski definition) is 4. The minimum atomic E-state index is -0.141. The molecular formula is C24H29ClN4O. The van der Waals surface area contributed by atoms with Crippen molar-refractivity contribution >= 4 is 28.5 Å². The van der Waals surface area contributed by atoms with Crippen LogP contribution in [0.25, 0.3) is 16.9 Å². The molecule has 0 radical (unpaired) electrons. The Bertz CT molecular complexity index is 1090. The number of halogens is 1. The van der Waals surface area contributed by atoms with Gasteiger partial charge in [0, 0.05) is 11.1 Å². The molecule has 30 heavy (non-hydrogen) atoms. The summed E-state index contributed by atoms with van der Waals surface area (Å²) in [6, 6.07) is 0. The first kappa shape index (κ1) is 19.0. The van der Waals surface area contributed by atoms with E-state index in [-0.39, 0.29) is 16.9 Å². The van der Waals surface area contributed by atoms with Gasteiger partial charge in [-0.2, -0.15) is 0 Å². The van der Waals surface area contributed by atoms with E-state index in [0.717, 1.165) is 43.7 Å². The van der Waals surface area contributed by atoms with Gasteiger partial charge in [0.1, 0.15) is 18.2 Å². The number of nitrogens with zero attached hydrogens (tertiary/aromatic N) is 4. The molecule has 5 nitrogen and oxygen atoms in total. The predicted molar refractivity (Wildman–Crippen MR) is 118 cm³/mol. The molecule has 2 aromatic heterocycles. The maximum absolute atomic E-state index is 10.2. The van der Waals surface area contributed by atoms with Crippen molar-refractivity contribution < 1.29 is 5.11 Å². The summed E-state index contributed by atoms with van der Waals surface area (Å²) >= 11 is 6.26.